The first-order chi connectivity index (χ1) is 13.9. The number of amides is 3. The third kappa shape index (κ3) is 4.38. The van der Waals surface area contributed by atoms with Gasteiger partial charge in [0.2, 0.25) is 5.91 Å². The number of carboxylic acid groups (broad SMARTS) is 1. The van der Waals surface area contributed by atoms with Gasteiger partial charge in [-0.05, 0) is 25.0 Å². The first-order valence-electron chi connectivity index (χ1n) is 9.26. The molecule has 4 N–H and O–H groups in total. The highest BCUT2D eigenvalue weighted by molar-refractivity contribution is 7.14. The van der Waals surface area contributed by atoms with Crippen LogP contribution in [0.3, 0.4) is 0 Å². The van der Waals surface area contributed by atoms with Crippen molar-refractivity contribution in [2.45, 2.75) is 37.5 Å². The number of aliphatic hydroxyl groups is 1. The van der Waals surface area contributed by atoms with E-state index in [1.54, 1.807) is 29.6 Å². The molecule has 1 aromatic carbocycles. The van der Waals surface area contributed by atoms with Crippen molar-refractivity contribution in [2.75, 3.05) is 11.9 Å². The molecule has 152 valence electrons. The predicted molar refractivity (Wildman–Crippen MR) is 106 cm³/mol. The van der Waals surface area contributed by atoms with E-state index in [1.807, 2.05) is 0 Å². The number of thiazole rings is 1. The van der Waals surface area contributed by atoms with Crippen LogP contribution in [0.4, 0.5) is 9.93 Å². The van der Waals surface area contributed by atoms with Gasteiger partial charge < -0.3 is 20.8 Å². The van der Waals surface area contributed by atoms with Crippen molar-refractivity contribution in [3.05, 3.63) is 35.2 Å². The lowest BCUT2D eigenvalue weighted by molar-refractivity contribution is -0.120. The van der Waals surface area contributed by atoms with E-state index in [4.69, 9.17) is 0 Å². The van der Waals surface area contributed by atoms with Gasteiger partial charge in [-0.2, -0.15) is 0 Å². The monoisotopic (exact) mass is 416 g/mol. The molecule has 2 aliphatic rings. The second-order valence-corrected chi connectivity index (χ2v) is 8.05. The Labute approximate surface area is 170 Å². The fourth-order valence-electron chi connectivity index (χ4n) is 3.21. The van der Waals surface area contributed by atoms with Crippen LogP contribution >= 0.6 is 11.3 Å². The lowest BCUT2D eigenvalue weighted by atomic mass is 10.1. The summed E-state index contributed by atoms with van der Waals surface area (Å²) in [5, 5.41) is 26.5. The Hall–Kier alpha value is -2.98. The molecular weight excluding hydrogens is 396 g/mol. The molecule has 0 spiro atoms. The van der Waals surface area contributed by atoms with E-state index in [1.165, 1.54) is 11.3 Å². The smallest absolute Gasteiger partial charge is 0.408 e. The molecule has 1 aliphatic heterocycles. The van der Waals surface area contributed by atoms with Gasteiger partial charge in [0.1, 0.15) is 6.04 Å². The third-order valence-electron chi connectivity index (χ3n) is 4.92. The highest BCUT2D eigenvalue weighted by Crippen LogP contribution is 2.27. The molecule has 10 heteroatoms. The summed E-state index contributed by atoms with van der Waals surface area (Å²) in [4.78, 5) is 41.0. The molecular formula is C19H20N4O5S. The van der Waals surface area contributed by atoms with Gasteiger partial charge in [0.15, 0.2) is 5.13 Å². The number of likely N-dealkylation sites (tertiary alicyclic amines) is 1. The average molecular weight is 416 g/mol. The van der Waals surface area contributed by atoms with Crippen molar-refractivity contribution >= 4 is 34.4 Å². The van der Waals surface area contributed by atoms with E-state index in [0.717, 1.165) is 23.3 Å². The number of carbonyl (C=O) groups excluding carboxylic acids is 2. The second-order valence-electron chi connectivity index (χ2n) is 7.19. The number of aromatic nitrogens is 1. The number of anilines is 1. The quantitative estimate of drug-likeness (QED) is 0.587. The van der Waals surface area contributed by atoms with Gasteiger partial charge in [-0.15, -0.1) is 11.3 Å². The van der Waals surface area contributed by atoms with Crippen LogP contribution in [0.5, 0.6) is 0 Å². The van der Waals surface area contributed by atoms with E-state index in [-0.39, 0.29) is 18.9 Å². The van der Waals surface area contributed by atoms with Crippen LogP contribution in [0.15, 0.2) is 29.6 Å². The van der Waals surface area contributed by atoms with Gasteiger partial charge in [0.05, 0.1) is 18.3 Å². The maximum absolute atomic E-state index is 12.4. The van der Waals surface area contributed by atoms with Crippen molar-refractivity contribution < 1.29 is 24.6 Å². The molecule has 2 aromatic rings. The Morgan fingerprint density at radius 1 is 1.17 bits per heavy atom. The maximum atomic E-state index is 12.4. The number of β-amino-alcohol motifs (C(OH)–C–C–N with tert-alkyl or cyclic N) is 1. The summed E-state index contributed by atoms with van der Waals surface area (Å²) in [7, 11) is 0. The van der Waals surface area contributed by atoms with Crippen LogP contribution < -0.4 is 10.6 Å². The van der Waals surface area contributed by atoms with Gasteiger partial charge in [-0.1, -0.05) is 12.1 Å². The number of benzene rings is 1. The van der Waals surface area contributed by atoms with E-state index in [2.05, 4.69) is 15.6 Å². The van der Waals surface area contributed by atoms with Crippen LogP contribution in [-0.2, 0) is 4.79 Å². The summed E-state index contributed by atoms with van der Waals surface area (Å²) in [6.07, 6.45) is 0.0139. The van der Waals surface area contributed by atoms with Crippen LogP contribution in [0.2, 0.25) is 0 Å². The molecule has 0 unspecified atom stereocenters. The van der Waals surface area contributed by atoms with Crippen molar-refractivity contribution in [1.82, 2.24) is 15.2 Å². The fourth-order valence-corrected chi connectivity index (χ4v) is 3.94. The van der Waals surface area contributed by atoms with Crippen molar-refractivity contribution in [3.8, 4) is 11.3 Å². The minimum Gasteiger partial charge on any atom is -0.465 e. The Balaban J connectivity index is 1.41. The normalized spacial score (nSPS) is 21.1. The summed E-state index contributed by atoms with van der Waals surface area (Å²) in [6.45, 7) is -0.0861. The van der Waals surface area contributed by atoms with Gasteiger partial charge in [0.25, 0.3) is 5.91 Å². The summed E-state index contributed by atoms with van der Waals surface area (Å²) in [6, 6.07) is 6.40. The zero-order valence-corrected chi connectivity index (χ0v) is 16.2. The molecule has 1 saturated carbocycles. The molecule has 29 heavy (non-hydrogen) atoms. The molecule has 2 fully saturated rings. The molecule has 3 amide bonds. The zero-order chi connectivity index (χ0) is 20.5. The minimum atomic E-state index is -1.24. The van der Waals surface area contributed by atoms with Gasteiger partial charge in [-0.3, -0.25) is 14.5 Å². The second kappa shape index (κ2) is 7.80. The molecule has 2 atom stereocenters. The molecule has 1 saturated heterocycles. The molecule has 9 nitrogen and oxygen atoms in total. The molecule has 4 rings (SSSR count). The average Bonchev–Trinajstić information content (AvgIpc) is 3.23. The molecule has 1 aliphatic carbocycles. The Morgan fingerprint density at radius 3 is 2.55 bits per heavy atom. The molecule has 1 aromatic heterocycles. The van der Waals surface area contributed by atoms with E-state index in [0.29, 0.717) is 22.4 Å². The molecule has 2 heterocycles. The van der Waals surface area contributed by atoms with Crippen molar-refractivity contribution in [3.63, 3.8) is 0 Å². The van der Waals surface area contributed by atoms with Gasteiger partial charge in [0, 0.05) is 29.0 Å². The minimum absolute atomic E-state index is 0.0563. The number of rotatable bonds is 5. The summed E-state index contributed by atoms with van der Waals surface area (Å²) < 4.78 is 0. The van der Waals surface area contributed by atoms with Crippen LogP contribution in [-0.4, -0.2) is 62.7 Å². The standard InChI is InChI=1S/C19H20N4O5S/c24-13-7-15(23(8-13)19(27)28)17(26)22-18-21-14(9-29-18)10-1-3-11(4-2-10)16(25)20-12-5-6-12/h1-4,9,12-13,15,24H,5-8H2,(H,20,25)(H,27,28)(H,21,22,26)/t13-,15+/m1/s1. The molecule has 0 radical (unpaired) electrons. The Morgan fingerprint density at radius 2 is 1.90 bits per heavy atom. The summed E-state index contributed by atoms with van der Waals surface area (Å²) >= 11 is 1.22. The highest BCUT2D eigenvalue weighted by atomic mass is 32.1. The van der Waals surface area contributed by atoms with E-state index >= 15 is 0 Å². The lowest BCUT2D eigenvalue weighted by Gasteiger charge is -2.19. The maximum Gasteiger partial charge on any atom is 0.408 e. The first kappa shape index (κ1) is 19.3. The Kier molecular flexibility index (Phi) is 5.20. The first-order valence-corrected chi connectivity index (χ1v) is 10.1. The largest absolute Gasteiger partial charge is 0.465 e. The van der Waals surface area contributed by atoms with E-state index in [9.17, 15) is 24.6 Å². The SMILES string of the molecule is O=C(NC1CC1)c1ccc(-c2csc(NC(=O)[C@@H]3C[C@@H](O)CN3C(=O)O)n2)cc1. The van der Waals surface area contributed by atoms with Gasteiger partial charge >= 0.3 is 6.09 Å². The number of nitrogens with one attached hydrogen (secondary N) is 2. The van der Waals surface area contributed by atoms with Crippen molar-refractivity contribution in [2.24, 2.45) is 0 Å². The predicted octanol–water partition coefficient (Wildman–Crippen LogP) is 1.75. The van der Waals surface area contributed by atoms with Crippen LogP contribution in [0.25, 0.3) is 11.3 Å². The van der Waals surface area contributed by atoms with Crippen LogP contribution in [0.1, 0.15) is 29.6 Å². The number of hydrogen-bond acceptors (Lipinski definition) is 6. The third-order valence-corrected chi connectivity index (χ3v) is 5.67. The Bertz CT molecular complexity index is 940. The lowest BCUT2D eigenvalue weighted by Crippen LogP contribution is -2.42. The summed E-state index contributed by atoms with van der Waals surface area (Å²) in [5.74, 6) is -0.607. The van der Waals surface area contributed by atoms with Crippen molar-refractivity contribution in [1.29, 1.82) is 0 Å². The topological polar surface area (TPSA) is 132 Å². The van der Waals surface area contributed by atoms with Crippen LogP contribution in [0, 0.1) is 0 Å². The number of nitrogens with zero attached hydrogens (tertiary/aromatic N) is 2. The fraction of sp³-hybridized carbons (Fsp3) is 0.368. The zero-order valence-electron chi connectivity index (χ0n) is 15.4. The van der Waals surface area contributed by atoms with Gasteiger partial charge in [-0.25, -0.2) is 9.78 Å². The summed E-state index contributed by atoms with van der Waals surface area (Å²) in [5.41, 5.74) is 2.02. The highest BCUT2D eigenvalue weighted by Gasteiger charge is 2.39. The number of aliphatic hydroxyl groups excluding tert-OH is 1. The number of hydrogen-bond donors (Lipinski definition) is 4. The number of carbonyl (C=O) groups is 3. The molecule has 0 bridgehead atoms. The van der Waals surface area contributed by atoms with E-state index < -0.39 is 24.1 Å².